The molecule has 6 heteroatoms. The van der Waals surface area contributed by atoms with Gasteiger partial charge in [-0.05, 0) is 24.1 Å². The minimum Gasteiger partial charge on any atom is -0.493 e. The Morgan fingerprint density at radius 3 is 2.48 bits per heavy atom. The molecule has 1 amide bonds. The molecule has 0 aromatic heterocycles. The van der Waals surface area contributed by atoms with Crippen molar-refractivity contribution in [2.75, 3.05) is 27.3 Å². The summed E-state index contributed by atoms with van der Waals surface area (Å²) in [5, 5.41) is 8.71. The molecule has 116 valence electrons. The lowest BCUT2D eigenvalue weighted by atomic mass is 10.1. The Bertz CT molecular complexity index is 513. The molecule has 0 unspecified atom stereocenters. The Morgan fingerprint density at radius 1 is 1.29 bits per heavy atom. The van der Waals surface area contributed by atoms with Gasteiger partial charge in [0.15, 0.2) is 11.5 Å². The fourth-order valence-corrected chi connectivity index (χ4v) is 1.67. The van der Waals surface area contributed by atoms with Crippen LogP contribution in [-0.4, -0.2) is 49.2 Å². The maximum atomic E-state index is 12.1. The third-order valence-corrected chi connectivity index (χ3v) is 2.70. The number of benzene rings is 1. The second-order valence-electron chi connectivity index (χ2n) is 5.13. The van der Waals surface area contributed by atoms with Gasteiger partial charge in [-0.25, -0.2) is 0 Å². The summed E-state index contributed by atoms with van der Waals surface area (Å²) in [6.45, 7) is 4.26. The van der Waals surface area contributed by atoms with Crippen LogP contribution in [0.15, 0.2) is 18.2 Å². The number of hydrogen-bond acceptors (Lipinski definition) is 4. The number of likely N-dealkylation sites (N-methyl/N-ethyl adjacent to an activating group) is 1. The topological polar surface area (TPSA) is 76.1 Å². The molecule has 0 heterocycles. The predicted octanol–water partition coefficient (Wildman–Crippen LogP) is 1.89. The third-order valence-electron chi connectivity index (χ3n) is 2.70. The third kappa shape index (κ3) is 4.98. The number of carboxylic acid groups (broad SMARTS) is 1. The largest absolute Gasteiger partial charge is 0.493 e. The minimum atomic E-state index is -1.06. The number of hydrogen-bond donors (Lipinski definition) is 1. The summed E-state index contributed by atoms with van der Waals surface area (Å²) >= 11 is 0. The van der Waals surface area contributed by atoms with Crippen LogP contribution in [0.2, 0.25) is 0 Å². The molecular formula is C15H21NO5. The van der Waals surface area contributed by atoms with Gasteiger partial charge in [0.05, 0.1) is 13.7 Å². The van der Waals surface area contributed by atoms with Gasteiger partial charge in [0, 0.05) is 12.6 Å². The standard InChI is InChI=1S/C15H21NO5/c1-10(2)9-21-12-6-5-11(7-13(12)20-4)15(19)16(3)8-14(17)18/h5-7,10H,8-9H2,1-4H3,(H,17,18). The first-order valence-corrected chi connectivity index (χ1v) is 6.63. The van der Waals surface area contributed by atoms with E-state index in [2.05, 4.69) is 0 Å². The zero-order valence-corrected chi connectivity index (χ0v) is 12.8. The first-order valence-electron chi connectivity index (χ1n) is 6.63. The Morgan fingerprint density at radius 2 is 1.95 bits per heavy atom. The summed E-state index contributed by atoms with van der Waals surface area (Å²) in [5.74, 6) is -0.0626. The molecule has 1 N–H and O–H groups in total. The van der Waals surface area contributed by atoms with Crippen molar-refractivity contribution < 1.29 is 24.2 Å². The van der Waals surface area contributed by atoms with Gasteiger partial charge in [-0.2, -0.15) is 0 Å². The summed E-state index contributed by atoms with van der Waals surface area (Å²) in [6, 6.07) is 4.80. The highest BCUT2D eigenvalue weighted by molar-refractivity contribution is 5.96. The highest BCUT2D eigenvalue weighted by Gasteiger charge is 2.16. The van der Waals surface area contributed by atoms with Gasteiger partial charge in [0.2, 0.25) is 0 Å². The summed E-state index contributed by atoms with van der Waals surface area (Å²) in [7, 11) is 2.93. The lowest BCUT2D eigenvalue weighted by Crippen LogP contribution is -2.31. The number of methoxy groups -OCH3 is 1. The first kappa shape index (κ1) is 16.8. The molecule has 1 aromatic rings. The van der Waals surface area contributed by atoms with Crippen molar-refractivity contribution in [2.45, 2.75) is 13.8 Å². The molecule has 6 nitrogen and oxygen atoms in total. The number of ether oxygens (including phenoxy) is 2. The molecule has 0 aliphatic rings. The Balaban J connectivity index is 2.90. The van der Waals surface area contributed by atoms with Crippen LogP contribution in [0.4, 0.5) is 0 Å². The number of rotatable bonds is 7. The van der Waals surface area contributed by atoms with Crippen molar-refractivity contribution in [3.05, 3.63) is 23.8 Å². The van der Waals surface area contributed by atoms with Crippen molar-refractivity contribution in [1.82, 2.24) is 4.90 Å². The summed E-state index contributed by atoms with van der Waals surface area (Å²) < 4.78 is 10.8. The van der Waals surface area contributed by atoms with Crippen LogP contribution in [0.25, 0.3) is 0 Å². The van der Waals surface area contributed by atoms with E-state index in [1.165, 1.54) is 14.2 Å². The number of nitrogens with zero attached hydrogens (tertiary/aromatic N) is 1. The highest BCUT2D eigenvalue weighted by Crippen LogP contribution is 2.28. The Kier molecular flexibility index (Phi) is 6.02. The normalized spacial score (nSPS) is 10.3. The van der Waals surface area contributed by atoms with Crippen molar-refractivity contribution in [1.29, 1.82) is 0 Å². The van der Waals surface area contributed by atoms with Crippen molar-refractivity contribution >= 4 is 11.9 Å². The van der Waals surface area contributed by atoms with Crippen LogP contribution >= 0.6 is 0 Å². The van der Waals surface area contributed by atoms with E-state index in [4.69, 9.17) is 14.6 Å². The number of carbonyl (C=O) groups is 2. The fraction of sp³-hybridized carbons (Fsp3) is 0.467. The molecule has 0 aliphatic heterocycles. The average molecular weight is 295 g/mol. The second-order valence-corrected chi connectivity index (χ2v) is 5.13. The lowest BCUT2D eigenvalue weighted by molar-refractivity contribution is -0.137. The molecule has 0 atom stereocenters. The summed E-state index contributed by atoms with van der Waals surface area (Å²) in [5.41, 5.74) is 0.354. The molecule has 0 radical (unpaired) electrons. The zero-order chi connectivity index (χ0) is 16.0. The van der Waals surface area contributed by atoms with Gasteiger partial charge in [0.25, 0.3) is 5.91 Å². The van der Waals surface area contributed by atoms with Crippen LogP contribution in [0.5, 0.6) is 11.5 Å². The Labute approximate surface area is 124 Å². The molecule has 0 aliphatic carbocycles. The van der Waals surface area contributed by atoms with Gasteiger partial charge in [0.1, 0.15) is 6.54 Å². The molecule has 0 saturated carbocycles. The van der Waals surface area contributed by atoms with Gasteiger partial charge in [-0.15, -0.1) is 0 Å². The number of carbonyl (C=O) groups excluding carboxylic acids is 1. The summed E-state index contributed by atoms with van der Waals surface area (Å²) in [4.78, 5) is 23.9. The van der Waals surface area contributed by atoms with E-state index >= 15 is 0 Å². The van der Waals surface area contributed by atoms with E-state index < -0.39 is 5.97 Å². The van der Waals surface area contributed by atoms with Crippen molar-refractivity contribution in [2.24, 2.45) is 5.92 Å². The zero-order valence-electron chi connectivity index (χ0n) is 12.8. The van der Waals surface area contributed by atoms with E-state index in [0.29, 0.717) is 29.6 Å². The minimum absolute atomic E-state index is 0.354. The molecule has 1 rings (SSSR count). The van der Waals surface area contributed by atoms with Gasteiger partial charge in [-0.1, -0.05) is 13.8 Å². The van der Waals surface area contributed by atoms with Crippen LogP contribution in [0.3, 0.4) is 0 Å². The lowest BCUT2D eigenvalue weighted by Gasteiger charge is -2.17. The smallest absolute Gasteiger partial charge is 0.323 e. The van der Waals surface area contributed by atoms with Gasteiger partial charge >= 0.3 is 5.97 Å². The average Bonchev–Trinajstić information content (AvgIpc) is 2.43. The molecule has 0 bridgehead atoms. The van der Waals surface area contributed by atoms with Gasteiger partial charge in [-0.3, -0.25) is 9.59 Å². The van der Waals surface area contributed by atoms with Crippen LogP contribution in [0.1, 0.15) is 24.2 Å². The highest BCUT2D eigenvalue weighted by atomic mass is 16.5. The molecule has 21 heavy (non-hydrogen) atoms. The molecule has 0 fully saturated rings. The van der Waals surface area contributed by atoms with E-state index in [-0.39, 0.29) is 12.5 Å². The maximum absolute atomic E-state index is 12.1. The van der Waals surface area contributed by atoms with Crippen molar-refractivity contribution in [3.8, 4) is 11.5 Å². The number of aliphatic carboxylic acids is 1. The molecule has 0 spiro atoms. The quantitative estimate of drug-likeness (QED) is 0.831. The predicted molar refractivity (Wildman–Crippen MR) is 77.9 cm³/mol. The van der Waals surface area contributed by atoms with Crippen LogP contribution < -0.4 is 9.47 Å². The fourth-order valence-electron chi connectivity index (χ4n) is 1.67. The molecular weight excluding hydrogens is 274 g/mol. The van der Waals surface area contributed by atoms with Crippen LogP contribution in [-0.2, 0) is 4.79 Å². The monoisotopic (exact) mass is 295 g/mol. The maximum Gasteiger partial charge on any atom is 0.323 e. The van der Waals surface area contributed by atoms with Crippen LogP contribution in [0, 0.1) is 5.92 Å². The van der Waals surface area contributed by atoms with E-state index in [9.17, 15) is 9.59 Å². The number of carboxylic acids is 1. The first-order chi connectivity index (χ1) is 9.85. The van der Waals surface area contributed by atoms with Gasteiger partial charge < -0.3 is 19.5 Å². The number of amides is 1. The van der Waals surface area contributed by atoms with E-state index in [1.54, 1.807) is 18.2 Å². The molecule has 0 saturated heterocycles. The Hall–Kier alpha value is -2.24. The second kappa shape index (κ2) is 7.52. The van der Waals surface area contributed by atoms with E-state index in [1.807, 2.05) is 13.8 Å². The van der Waals surface area contributed by atoms with E-state index in [0.717, 1.165) is 4.90 Å². The van der Waals surface area contributed by atoms with Crippen molar-refractivity contribution in [3.63, 3.8) is 0 Å². The molecule has 1 aromatic carbocycles. The summed E-state index contributed by atoms with van der Waals surface area (Å²) in [6.07, 6.45) is 0. The SMILES string of the molecule is COc1cc(C(=O)N(C)CC(=O)O)ccc1OCC(C)C.